The van der Waals surface area contributed by atoms with Crippen LogP contribution in [0.1, 0.15) is 36.4 Å². The van der Waals surface area contributed by atoms with E-state index >= 15 is 0 Å². The molecule has 0 spiro atoms. The topological polar surface area (TPSA) is 50.5 Å². The van der Waals surface area contributed by atoms with E-state index in [0.29, 0.717) is 10.8 Å². The SMILES string of the molecule is COc1ccc(CN2CCCn3nc([C@H](C)O)cc3C2)cc1Cl. The van der Waals surface area contributed by atoms with Gasteiger partial charge < -0.3 is 9.84 Å². The molecule has 2 heterocycles. The van der Waals surface area contributed by atoms with Crippen LogP contribution in [0.4, 0.5) is 0 Å². The number of methoxy groups -OCH3 is 1. The average molecular weight is 336 g/mol. The highest BCUT2D eigenvalue weighted by atomic mass is 35.5. The molecule has 1 atom stereocenters. The molecule has 1 aromatic heterocycles. The lowest BCUT2D eigenvalue weighted by molar-refractivity contribution is 0.193. The predicted octanol–water partition coefficient (Wildman–Crippen LogP) is 3.00. The van der Waals surface area contributed by atoms with Gasteiger partial charge in [0.2, 0.25) is 0 Å². The molecule has 6 heteroatoms. The number of benzene rings is 1. The Labute approximate surface area is 141 Å². The van der Waals surface area contributed by atoms with Crippen molar-refractivity contribution in [1.29, 1.82) is 0 Å². The van der Waals surface area contributed by atoms with Crippen molar-refractivity contribution in [2.45, 2.75) is 39.1 Å². The standard InChI is InChI=1S/C17H22ClN3O2/c1-12(22)16-9-14-11-20(6-3-7-21(14)19-16)10-13-4-5-17(23-2)15(18)8-13/h4-5,8-9,12,22H,3,6-7,10-11H2,1-2H3/t12-/m0/s1. The largest absolute Gasteiger partial charge is 0.495 e. The third-order valence-corrected chi connectivity index (χ3v) is 4.46. The molecule has 0 unspecified atom stereocenters. The fourth-order valence-electron chi connectivity index (χ4n) is 2.96. The van der Waals surface area contributed by atoms with Crippen molar-refractivity contribution in [1.82, 2.24) is 14.7 Å². The Morgan fingerprint density at radius 2 is 2.17 bits per heavy atom. The van der Waals surface area contributed by atoms with Crippen molar-refractivity contribution in [2.75, 3.05) is 13.7 Å². The molecule has 0 saturated carbocycles. The van der Waals surface area contributed by atoms with Crippen molar-refractivity contribution in [3.8, 4) is 5.75 Å². The Balaban J connectivity index is 1.74. The van der Waals surface area contributed by atoms with E-state index in [1.807, 2.05) is 28.9 Å². The van der Waals surface area contributed by atoms with Gasteiger partial charge in [-0.3, -0.25) is 9.58 Å². The first kappa shape index (κ1) is 16.3. The van der Waals surface area contributed by atoms with E-state index in [1.54, 1.807) is 14.0 Å². The van der Waals surface area contributed by atoms with Gasteiger partial charge in [0.05, 0.1) is 29.6 Å². The molecule has 1 N–H and O–H groups in total. The molecule has 1 aliphatic rings. The van der Waals surface area contributed by atoms with Crippen LogP contribution in [-0.2, 0) is 19.6 Å². The smallest absolute Gasteiger partial charge is 0.137 e. The van der Waals surface area contributed by atoms with Crippen LogP contribution in [0, 0.1) is 0 Å². The first-order chi connectivity index (χ1) is 11.1. The summed E-state index contributed by atoms with van der Waals surface area (Å²) in [6.45, 7) is 5.31. The molecule has 0 saturated heterocycles. The van der Waals surface area contributed by atoms with Gasteiger partial charge in [-0.2, -0.15) is 5.10 Å². The Morgan fingerprint density at radius 1 is 1.35 bits per heavy atom. The number of aliphatic hydroxyl groups excluding tert-OH is 1. The Kier molecular flexibility index (Phi) is 4.90. The molecule has 3 rings (SSSR count). The van der Waals surface area contributed by atoms with Crippen LogP contribution < -0.4 is 4.74 Å². The second-order valence-electron chi connectivity index (χ2n) is 5.99. The second-order valence-corrected chi connectivity index (χ2v) is 6.40. The van der Waals surface area contributed by atoms with Crippen LogP contribution in [0.15, 0.2) is 24.3 Å². The number of halogens is 1. The van der Waals surface area contributed by atoms with Gasteiger partial charge in [0.15, 0.2) is 0 Å². The molecule has 0 bridgehead atoms. The van der Waals surface area contributed by atoms with Crippen molar-refractivity contribution < 1.29 is 9.84 Å². The molecule has 0 amide bonds. The number of rotatable bonds is 4. The van der Waals surface area contributed by atoms with Crippen molar-refractivity contribution in [2.24, 2.45) is 0 Å². The normalized spacial score (nSPS) is 16.7. The molecule has 1 aromatic carbocycles. The molecule has 2 aromatic rings. The summed E-state index contributed by atoms with van der Waals surface area (Å²) >= 11 is 6.21. The van der Waals surface area contributed by atoms with Crippen LogP contribution in [0.25, 0.3) is 0 Å². The number of aryl methyl sites for hydroxylation is 1. The fourth-order valence-corrected chi connectivity index (χ4v) is 3.24. The molecule has 0 aliphatic carbocycles. The number of ether oxygens (including phenoxy) is 1. The second kappa shape index (κ2) is 6.91. The number of hydrogen-bond donors (Lipinski definition) is 1. The number of fused-ring (bicyclic) bond motifs is 1. The van der Waals surface area contributed by atoms with E-state index in [4.69, 9.17) is 16.3 Å². The van der Waals surface area contributed by atoms with Crippen molar-refractivity contribution in [3.05, 3.63) is 46.2 Å². The lowest BCUT2D eigenvalue weighted by Crippen LogP contribution is -2.22. The van der Waals surface area contributed by atoms with Gasteiger partial charge in [0.25, 0.3) is 0 Å². The van der Waals surface area contributed by atoms with Gasteiger partial charge in [0.1, 0.15) is 5.75 Å². The summed E-state index contributed by atoms with van der Waals surface area (Å²) in [6, 6.07) is 7.92. The summed E-state index contributed by atoms with van der Waals surface area (Å²) in [5, 5.41) is 14.8. The maximum Gasteiger partial charge on any atom is 0.137 e. The minimum Gasteiger partial charge on any atom is -0.495 e. The Morgan fingerprint density at radius 3 is 2.87 bits per heavy atom. The van der Waals surface area contributed by atoms with E-state index in [1.165, 1.54) is 5.56 Å². The van der Waals surface area contributed by atoms with E-state index in [9.17, 15) is 5.11 Å². The molecular formula is C17H22ClN3O2. The molecule has 124 valence electrons. The highest BCUT2D eigenvalue weighted by Crippen LogP contribution is 2.26. The summed E-state index contributed by atoms with van der Waals surface area (Å²) in [5.74, 6) is 0.700. The summed E-state index contributed by atoms with van der Waals surface area (Å²) in [6.07, 6.45) is 0.515. The van der Waals surface area contributed by atoms with Gasteiger partial charge in [-0.05, 0) is 37.1 Å². The zero-order valence-corrected chi connectivity index (χ0v) is 14.3. The number of nitrogens with zero attached hydrogens (tertiary/aromatic N) is 3. The number of aliphatic hydroxyl groups is 1. The molecule has 5 nitrogen and oxygen atoms in total. The quantitative estimate of drug-likeness (QED) is 0.933. The van der Waals surface area contributed by atoms with Crippen molar-refractivity contribution in [3.63, 3.8) is 0 Å². The van der Waals surface area contributed by atoms with E-state index < -0.39 is 6.10 Å². The molecule has 23 heavy (non-hydrogen) atoms. The van der Waals surface area contributed by atoms with Crippen LogP contribution in [0.2, 0.25) is 5.02 Å². The zero-order chi connectivity index (χ0) is 16.4. The Hall–Kier alpha value is -1.56. The zero-order valence-electron chi connectivity index (χ0n) is 13.5. The predicted molar refractivity (Wildman–Crippen MR) is 89.6 cm³/mol. The first-order valence-corrected chi connectivity index (χ1v) is 8.24. The average Bonchev–Trinajstić information content (AvgIpc) is 2.82. The van der Waals surface area contributed by atoms with Crippen molar-refractivity contribution >= 4 is 11.6 Å². The molecule has 0 fully saturated rings. The maximum absolute atomic E-state index is 9.71. The van der Waals surface area contributed by atoms with Gasteiger partial charge in [-0.1, -0.05) is 17.7 Å². The van der Waals surface area contributed by atoms with E-state index in [-0.39, 0.29) is 0 Å². The minimum absolute atomic E-state index is 0.525. The lowest BCUT2D eigenvalue weighted by atomic mass is 10.2. The molecule has 1 aliphatic heterocycles. The van der Waals surface area contributed by atoms with E-state index in [0.717, 1.165) is 44.0 Å². The lowest BCUT2D eigenvalue weighted by Gasteiger charge is -2.20. The highest BCUT2D eigenvalue weighted by molar-refractivity contribution is 6.32. The minimum atomic E-state index is -0.525. The number of hydrogen-bond acceptors (Lipinski definition) is 4. The van der Waals surface area contributed by atoms with Crippen LogP contribution in [0.3, 0.4) is 0 Å². The van der Waals surface area contributed by atoms with Crippen LogP contribution >= 0.6 is 11.6 Å². The van der Waals surface area contributed by atoms with Crippen LogP contribution in [0.5, 0.6) is 5.75 Å². The number of aromatic nitrogens is 2. The van der Waals surface area contributed by atoms with Gasteiger partial charge >= 0.3 is 0 Å². The first-order valence-electron chi connectivity index (χ1n) is 7.86. The summed E-state index contributed by atoms with van der Waals surface area (Å²) in [7, 11) is 1.62. The fraction of sp³-hybridized carbons (Fsp3) is 0.471. The molecular weight excluding hydrogens is 314 g/mol. The summed E-state index contributed by atoms with van der Waals surface area (Å²) in [5.41, 5.74) is 3.06. The molecule has 0 radical (unpaired) electrons. The van der Waals surface area contributed by atoms with Crippen LogP contribution in [-0.4, -0.2) is 33.4 Å². The summed E-state index contributed by atoms with van der Waals surface area (Å²) < 4.78 is 7.22. The highest BCUT2D eigenvalue weighted by Gasteiger charge is 2.18. The van der Waals surface area contributed by atoms with Gasteiger partial charge in [-0.15, -0.1) is 0 Å². The maximum atomic E-state index is 9.71. The Bertz CT molecular complexity index is 684. The van der Waals surface area contributed by atoms with Gasteiger partial charge in [0, 0.05) is 26.2 Å². The van der Waals surface area contributed by atoms with E-state index in [2.05, 4.69) is 10.00 Å². The van der Waals surface area contributed by atoms with Gasteiger partial charge in [-0.25, -0.2) is 0 Å². The third kappa shape index (κ3) is 3.68. The summed E-state index contributed by atoms with van der Waals surface area (Å²) in [4.78, 5) is 2.38. The third-order valence-electron chi connectivity index (χ3n) is 4.16. The monoisotopic (exact) mass is 335 g/mol.